The van der Waals surface area contributed by atoms with Crippen LogP contribution in [0.3, 0.4) is 0 Å². The van der Waals surface area contributed by atoms with Crippen LogP contribution >= 0.6 is 0 Å². The van der Waals surface area contributed by atoms with Crippen LogP contribution in [-0.2, 0) is 13.1 Å². The molecule has 0 fully saturated rings. The van der Waals surface area contributed by atoms with Crippen molar-refractivity contribution in [1.29, 1.82) is 0 Å². The zero-order chi connectivity index (χ0) is 15.9. The summed E-state index contributed by atoms with van der Waals surface area (Å²) in [5.41, 5.74) is 3.73. The highest BCUT2D eigenvalue weighted by Gasteiger charge is 2.15. The van der Waals surface area contributed by atoms with Crippen molar-refractivity contribution in [3.05, 3.63) is 46.1 Å². The number of benzene rings is 1. The predicted molar refractivity (Wildman–Crippen MR) is 85.4 cm³/mol. The Morgan fingerprint density at radius 3 is 2.27 bits per heavy atom. The molecule has 0 saturated carbocycles. The normalized spacial score (nSPS) is 11.2. The Morgan fingerprint density at radius 1 is 1.09 bits per heavy atom. The van der Waals surface area contributed by atoms with E-state index >= 15 is 0 Å². The van der Waals surface area contributed by atoms with E-state index in [1.807, 2.05) is 32.9 Å². The molecule has 0 aliphatic carbocycles. The van der Waals surface area contributed by atoms with Gasteiger partial charge in [-0.3, -0.25) is 13.9 Å². The van der Waals surface area contributed by atoms with Crippen molar-refractivity contribution in [3.8, 4) is 11.3 Å². The van der Waals surface area contributed by atoms with Crippen molar-refractivity contribution in [2.45, 2.75) is 33.9 Å². The van der Waals surface area contributed by atoms with Gasteiger partial charge in [0.25, 0.3) is 0 Å². The van der Waals surface area contributed by atoms with Crippen LogP contribution in [0.15, 0.2) is 33.5 Å². The Balaban J connectivity index is 2.32. The Morgan fingerprint density at radius 2 is 1.73 bits per heavy atom. The summed E-state index contributed by atoms with van der Waals surface area (Å²) in [7, 11) is 0. The number of hydrogen-bond acceptors (Lipinski definition) is 3. The van der Waals surface area contributed by atoms with Gasteiger partial charge in [0.15, 0.2) is 12.0 Å². The number of imidazole rings is 1. The zero-order valence-corrected chi connectivity index (χ0v) is 12.9. The molecule has 0 spiro atoms. The van der Waals surface area contributed by atoms with Gasteiger partial charge in [0.1, 0.15) is 5.76 Å². The summed E-state index contributed by atoms with van der Waals surface area (Å²) < 4.78 is 9.05. The molecule has 22 heavy (non-hydrogen) atoms. The highest BCUT2D eigenvalue weighted by atomic mass is 16.3. The molecular formula is C17H18N2O3. The molecule has 114 valence electrons. The van der Waals surface area contributed by atoms with Crippen molar-refractivity contribution >= 4 is 17.3 Å². The summed E-state index contributed by atoms with van der Waals surface area (Å²) in [5.74, 6) is 0.939. The number of fused-ring (bicyclic) bond motifs is 1. The quantitative estimate of drug-likeness (QED) is 0.695. The van der Waals surface area contributed by atoms with Crippen LogP contribution < -0.4 is 5.69 Å². The summed E-state index contributed by atoms with van der Waals surface area (Å²) in [5, 5.41) is 0. The summed E-state index contributed by atoms with van der Waals surface area (Å²) >= 11 is 0. The van der Waals surface area contributed by atoms with Gasteiger partial charge < -0.3 is 4.42 Å². The standard InChI is InChI=1S/C17H18N2O3/c1-4-18-14-8-11(3)13(16-7-6-12(10-20)22-16)9-15(14)19(5-2)17(18)21/h6-10H,4-5H2,1-3H3. The number of nitrogens with zero attached hydrogens (tertiary/aromatic N) is 2. The second-order valence-corrected chi connectivity index (χ2v) is 5.25. The Labute approximate surface area is 127 Å². The van der Waals surface area contributed by atoms with E-state index in [-0.39, 0.29) is 5.69 Å². The maximum atomic E-state index is 12.4. The number of aromatic nitrogens is 2. The Kier molecular flexibility index (Phi) is 3.48. The van der Waals surface area contributed by atoms with Crippen molar-refractivity contribution in [2.75, 3.05) is 0 Å². The third-order valence-electron chi connectivity index (χ3n) is 4.01. The third-order valence-corrected chi connectivity index (χ3v) is 4.01. The van der Waals surface area contributed by atoms with E-state index in [1.165, 1.54) is 0 Å². The van der Waals surface area contributed by atoms with Crippen LogP contribution in [-0.4, -0.2) is 15.4 Å². The molecule has 5 nitrogen and oxygen atoms in total. The number of aldehydes is 1. The minimum atomic E-state index is 0.00424. The third kappa shape index (κ3) is 2.01. The Bertz CT molecular complexity index is 912. The second-order valence-electron chi connectivity index (χ2n) is 5.25. The van der Waals surface area contributed by atoms with Crippen LogP contribution in [0, 0.1) is 6.92 Å². The van der Waals surface area contributed by atoms with Gasteiger partial charge in [0.2, 0.25) is 0 Å². The van der Waals surface area contributed by atoms with Crippen LogP contribution in [0.5, 0.6) is 0 Å². The summed E-state index contributed by atoms with van der Waals surface area (Å²) in [6, 6.07) is 7.40. The van der Waals surface area contributed by atoms with Gasteiger partial charge in [-0.05, 0) is 50.6 Å². The lowest BCUT2D eigenvalue weighted by Crippen LogP contribution is -2.23. The summed E-state index contributed by atoms with van der Waals surface area (Å²) in [6.07, 6.45) is 0.687. The largest absolute Gasteiger partial charge is 0.453 e. The molecule has 0 saturated heterocycles. The summed E-state index contributed by atoms with van der Waals surface area (Å²) in [6.45, 7) is 7.15. The molecule has 0 aliphatic rings. The highest BCUT2D eigenvalue weighted by Crippen LogP contribution is 2.29. The van der Waals surface area contributed by atoms with Crippen LogP contribution in [0.2, 0.25) is 0 Å². The average molecular weight is 298 g/mol. The van der Waals surface area contributed by atoms with E-state index < -0.39 is 0 Å². The molecule has 0 unspecified atom stereocenters. The predicted octanol–water partition coefficient (Wildman–Crippen LogP) is 3.22. The van der Waals surface area contributed by atoms with Gasteiger partial charge in [-0.2, -0.15) is 0 Å². The highest BCUT2D eigenvalue weighted by molar-refractivity contribution is 5.84. The number of rotatable bonds is 4. The number of hydrogen-bond donors (Lipinski definition) is 0. The monoisotopic (exact) mass is 298 g/mol. The number of carbonyl (C=O) groups is 1. The van der Waals surface area contributed by atoms with Crippen molar-refractivity contribution < 1.29 is 9.21 Å². The molecule has 3 aromatic rings. The minimum Gasteiger partial charge on any atom is -0.453 e. The molecule has 2 heterocycles. The van der Waals surface area contributed by atoms with E-state index in [2.05, 4.69) is 0 Å². The molecule has 5 heteroatoms. The molecule has 2 aromatic heterocycles. The molecule has 0 N–H and O–H groups in total. The molecule has 0 amide bonds. The first-order valence-electron chi connectivity index (χ1n) is 7.39. The maximum Gasteiger partial charge on any atom is 0.329 e. The van der Waals surface area contributed by atoms with E-state index in [0.717, 1.165) is 22.2 Å². The van der Waals surface area contributed by atoms with Gasteiger partial charge in [-0.25, -0.2) is 4.79 Å². The molecule has 1 aromatic carbocycles. The van der Waals surface area contributed by atoms with Crippen LogP contribution in [0.4, 0.5) is 0 Å². The van der Waals surface area contributed by atoms with Crippen molar-refractivity contribution in [1.82, 2.24) is 9.13 Å². The Hall–Kier alpha value is -2.56. The number of aryl methyl sites for hydroxylation is 3. The number of furan rings is 1. The van der Waals surface area contributed by atoms with E-state index in [4.69, 9.17) is 4.42 Å². The smallest absolute Gasteiger partial charge is 0.329 e. The van der Waals surface area contributed by atoms with Crippen LogP contribution in [0.25, 0.3) is 22.4 Å². The van der Waals surface area contributed by atoms with Gasteiger partial charge in [0, 0.05) is 18.7 Å². The molecule has 0 aliphatic heterocycles. The molecule has 0 atom stereocenters. The molecule has 0 bridgehead atoms. The molecular weight excluding hydrogens is 280 g/mol. The van der Waals surface area contributed by atoms with E-state index in [1.54, 1.807) is 21.3 Å². The lowest BCUT2D eigenvalue weighted by Gasteiger charge is -2.06. The fourth-order valence-corrected chi connectivity index (χ4v) is 2.90. The first-order valence-corrected chi connectivity index (χ1v) is 7.39. The first-order chi connectivity index (χ1) is 10.6. The topological polar surface area (TPSA) is 57.1 Å². The average Bonchev–Trinajstić information content (AvgIpc) is 3.08. The number of carbonyl (C=O) groups excluding carboxylic acids is 1. The lowest BCUT2D eigenvalue weighted by molar-refractivity contribution is 0.110. The maximum absolute atomic E-state index is 12.4. The van der Waals surface area contributed by atoms with E-state index in [9.17, 15) is 9.59 Å². The summed E-state index contributed by atoms with van der Waals surface area (Å²) in [4.78, 5) is 23.2. The molecule has 3 rings (SSSR count). The van der Waals surface area contributed by atoms with E-state index in [0.29, 0.717) is 30.9 Å². The SMILES string of the molecule is CCn1c(=O)n(CC)c2cc(-c3ccc(C=O)o3)c(C)cc21. The van der Waals surface area contributed by atoms with Crippen molar-refractivity contribution in [2.24, 2.45) is 0 Å². The van der Waals surface area contributed by atoms with Gasteiger partial charge in [-0.15, -0.1) is 0 Å². The van der Waals surface area contributed by atoms with Gasteiger partial charge in [0.05, 0.1) is 11.0 Å². The second kappa shape index (κ2) is 5.33. The van der Waals surface area contributed by atoms with Crippen LogP contribution in [0.1, 0.15) is 30.0 Å². The fraction of sp³-hybridized carbons (Fsp3) is 0.294. The fourth-order valence-electron chi connectivity index (χ4n) is 2.90. The van der Waals surface area contributed by atoms with Gasteiger partial charge >= 0.3 is 5.69 Å². The van der Waals surface area contributed by atoms with Crippen molar-refractivity contribution in [3.63, 3.8) is 0 Å². The lowest BCUT2D eigenvalue weighted by atomic mass is 10.1. The van der Waals surface area contributed by atoms with Gasteiger partial charge in [-0.1, -0.05) is 0 Å². The first kappa shape index (κ1) is 14.4. The zero-order valence-electron chi connectivity index (χ0n) is 12.9. The minimum absolute atomic E-state index is 0.00424. The molecule has 0 radical (unpaired) electrons.